The van der Waals surface area contributed by atoms with Crippen LogP contribution in [0.3, 0.4) is 0 Å². The van der Waals surface area contributed by atoms with E-state index >= 15 is 4.39 Å². The maximum atomic E-state index is 15.2. The average molecular weight is 597 g/mol. The molecule has 1 unspecified atom stereocenters. The van der Waals surface area contributed by atoms with E-state index in [1.165, 1.54) is 0 Å². The minimum absolute atomic E-state index is 0.0171. The van der Waals surface area contributed by atoms with Gasteiger partial charge in [0.15, 0.2) is 5.67 Å². The van der Waals surface area contributed by atoms with Crippen LogP contribution in [0.25, 0.3) is 0 Å². The van der Waals surface area contributed by atoms with Crippen LogP contribution in [0.4, 0.5) is 30.7 Å². The Morgan fingerprint density at radius 3 is 1.11 bits per heavy atom. The van der Waals surface area contributed by atoms with E-state index in [1.807, 2.05) is 6.92 Å². The molecule has 0 saturated heterocycles. The van der Waals surface area contributed by atoms with Crippen LogP contribution in [0, 0.1) is 0 Å². The van der Waals surface area contributed by atoms with Crippen LogP contribution < -0.4 is 0 Å². The van der Waals surface area contributed by atoms with E-state index in [0.29, 0.717) is 25.7 Å². The van der Waals surface area contributed by atoms with E-state index in [1.54, 1.807) is 0 Å². The molecule has 0 aromatic heterocycles. The van der Waals surface area contributed by atoms with Crippen molar-refractivity contribution in [3.8, 4) is 0 Å². The minimum Gasteiger partial charge on any atom is -0.281 e. The molecule has 0 aliphatic heterocycles. The first-order valence-corrected chi connectivity index (χ1v) is 15.4. The molecule has 2 N–H and O–H groups in total. The summed E-state index contributed by atoms with van der Waals surface area (Å²) in [7, 11) is -12.3. The van der Waals surface area contributed by atoms with Crippen molar-refractivity contribution >= 4 is 20.2 Å². The van der Waals surface area contributed by atoms with Crippen molar-refractivity contribution in [1.82, 2.24) is 0 Å². The fraction of sp³-hybridized carbons (Fsp3) is 1.00. The van der Waals surface area contributed by atoms with E-state index in [4.69, 9.17) is 9.11 Å². The summed E-state index contributed by atoms with van der Waals surface area (Å²) in [4.78, 5) is 0. The van der Waals surface area contributed by atoms with Gasteiger partial charge in [-0.05, 0) is 32.1 Å². The maximum Gasteiger partial charge on any atom is 0.431 e. The highest BCUT2D eigenvalue weighted by atomic mass is 32.2. The van der Waals surface area contributed by atoms with Crippen LogP contribution in [-0.4, -0.2) is 48.0 Å². The van der Waals surface area contributed by atoms with Gasteiger partial charge in [0.25, 0.3) is 0 Å². The second-order valence-corrected chi connectivity index (χ2v) is 12.4. The Bertz CT molecular complexity index is 867. The summed E-state index contributed by atoms with van der Waals surface area (Å²) < 4.78 is 157. The fourth-order valence-corrected chi connectivity index (χ4v) is 5.13. The first-order chi connectivity index (χ1) is 16.8. The van der Waals surface area contributed by atoms with Gasteiger partial charge in [0.05, 0.1) is 0 Å². The normalized spacial score (nSPS) is 15.6. The lowest BCUT2D eigenvalue weighted by Gasteiger charge is -2.31. The second-order valence-electron chi connectivity index (χ2n) is 9.50. The summed E-state index contributed by atoms with van der Waals surface area (Å²) in [6, 6.07) is 0. The molecule has 0 fully saturated rings. The van der Waals surface area contributed by atoms with Gasteiger partial charge in [0.2, 0.25) is 0 Å². The predicted octanol–water partition coefficient (Wildman–Crippen LogP) is 7.94. The molecule has 0 rings (SSSR count). The molecule has 0 aliphatic rings. The molecule has 224 valence electrons. The third-order valence-electron chi connectivity index (χ3n) is 6.34. The average Bonchev–Trinajstić information content (AvgIpc) is 2.75. The number of unbranched alkanes of at least 4 members (excludes halogenated alkanes) is 12. The van der Waals surface area contributed by atoms with Crippen molar-refractivity contribution in [2.75, 3.05) is 0 Å². The molecular formula is C22H39F7O6S2. The Kier molecular flexibility index (Phi) is 14.9. The quantitative estimate of drug-likeness (QED) is 0.0746. The molecule has 0 radical (unpaired) electrons. The fourth-order valence-electron chi connectivity index (χ4n) is 3.98. The summed E-state index contributed by atoms with van der Waals surface area (Å²) in [5, 5.41) is -10.6. The van der Waals surface area contributed by atoms with Gasteiger partial charge in [-0.25, -0.2) is 4.39 Å². The topological polar surface area (TPSA) is 109 Å². The number of halogens is 7. The van der Waals surface area contributed by atoms with Gasteiger partial charge in [-0.1, -0.05) is 77.6 Å². The SMILES string of the molecule is CCCCCCCCCC(F)(CCCCCCCCCC(F)(F)C(F)(F)S(=O)(=O)O)C(F)(F)S(=O)(=O)O. The third kappa shape index (κ3) is 11.1. The monoisotopic (exact) mass is 596 g/mol. The Balaban J connectivity index is 4.54. The van der Waals surface area contributed by atoms with E-state index < -0.39 is 68.0 Å². The molecule has 0 amide bonds. The van der Waals surface area contributed by atoms with Crippen LogP contribution in [0.1, 0.15) is 116 Å². The van der Waals surface area contributed by atoms with Crippen LogP contribution in [0.2, 0.25) is 0 Å². The largest absolute Gasteiger partial charge is 0.431 e. The maximum absolute atomic E-state index is 15.2. The van der Waals surface area contributed by atoms with Gasteiger partial charge in [0.1, 0.15) is 0 Å². The highest BCUT2D eigenvalue weighted by molar-refractivity contribution is 7.87. The van der Waals surface area contributed by atoms with Crippen molar-refractivity contribution in [2.45, 2.75) is 138 Å². The van der Waals surface area contributed by atoms with Crippen LogP contribution in [-0.2, 0) is 20.2 Å². The van der Waals surface area contributed by atoms with Gasteiger partial charge in [-0.3, -0.25) is 9.11 Å². The van der Waals surface area contributed by atoms with Crippen LogP contribution in [0.15, 0.2) is 0 Å². The van der Waals surface area contributed by atoms with Gasteiger partial charge in [-0.2, -0.15) is 43.2 Å². The first kappa shape index (κ1) is 36.3. The van der Waals surface area contributed by atoms with Crippen molar-refractivity contribution in [3.05, 3.63) is 0 Å². The summed E-state index contributed by atoms with van der Waals surface area (Å²) in [6.45, 7) is 2.02. The summed E-state index contributed by atoms with van der Waals surface area (Å²) in [6.07, 6.45) is 2.52. The zero-order valence-corrected chi connectivity index (χ0v) is 22.6. The molecule has 1 atom stereocenters. The molecular weight excluding hydrogens is 557 g/mol. The molecule has 0 heterocycles. The minimum atomic E-state index is -6.28. The highest BCUT2D eigenvalue weighted by Gasteiger charge is 2.65. The number of rotatable bonds is 22. The number of alkyl halides is 7. The molecule has 0 bridgehead atoms. The van der Waals surface area contributed by atoms with Crippen LogP contribution in [0.5, 0.6) is 0 Å². The standard InChI is InChI=1S/C22H39F7O6S2/c1-2-3-4-5-7-10-13-16-19(23,21(26,27)36(30,31)32)17-14-11-8-6-9-12-15-18-20(24,25)22(28,29)37(33,34)35/h2-18H2,1H3,(H,30,31,32)(H,33,34,35). The lowest BCUT2D eigenvalue weighted by molar-refractivity contribution is -0.164. The Morgan fingerprint density at radius 2 is 0.784 bits per heavy atom. The summed E-state index contributed by atoms with van der Waals surface area (Å²) in [5.74, 6) is -4.96. The predicted molar refractivity (Wildman–Crippen MR) is 126 cm³/mol. The molecule has 0 spiro atoms. The van der Waals surface area contributed by atoms with Crippen molar-refractivity contribution in [2.24, 2.45) is 0 Å². The summed E-state index contributed by atoms with van der Waals surface area (Å²) in [5.41, 5.74) is -3.45. The van der Waals surface area contributed by atoms with E-state index in [-0.39, 0.29) is 32.1 Å². The van der Waals surface area contributed by atoms with Gasteiger partial charge >= 0.3 is 36.7 Å². The first-order valence-electron chi connectivity index (χ1n) is 12.5. The lowest BCUT2D eigenvalue weighted by Crippen LogP contribution is -2.49. The molecule has 15 heteroatoms. The Labute approximate surface area is 215 Å². The second kappa shape index (κ2) is 15.2. The Morgan fingerprint density at radius 1 is 0.486 bits per heavy atom. The highest BCUT2D eigenvalue weighted by Crippen LogP contribution is 2.44. The van der Waals surface area contributed by atoms with Gasteiger partial charge in [-0.15, -0.1) is 0 Å². The molecule has 0 saturated carbocycles. The molecule has 0 aliphatic carbocycles. The van der Waals surface area contributed by atoms with Gasteiger partial charge < -0.3 is 0 Å². The zero-order valence-electron chi connectivity index (χ0n) is 21.0. The molecule has 6 nitrogen and oxygen atoms in total. The molecule has 37 heavy (non-hydrogen) atoms. The Hall–Kier alpha value is -0.670. The molecule has 0 aromatic carbocycles. The third-order valence-corrected chi connectivity index (χ3v) is 8.30. The summed E-state index contributed by atoms with van der Waals surface area (Å²) >= 11 is 0. The van der Waals surface area contributed by atoms with E-state index in [2.05, 4.69) is 0 Å². The van der Waals surface area contributed by atoms with Crippen molar-refractivity contribution in [3.63, 3.8) is 0 Å². The smallest absolute Gasteiger partial charge is 0.281 e. The number of hydrogen-bond acceptors (Lipinski definition) is 4. The lowest BCUT2D eigenvalue weighted by atomic mass is 9.91. The zero-order chi connectivity index (χ0) is 29.0. The van der Waals surface area contributed by atoms with Crippen molar-refractivity contribution < 1.29 is 56.7 Å². The van der Waals surface area contributed by atoms with E-state index in [0.717, 1.165) is 25.7 Å². The van der Waals surface area contributed by atoms with Crippen molar-refractivity contribution in [1.29, 1.82) is 0 Å². The number of hydrogen-bond donors (Lipinski definition) is 2. The van der Waals surface area contributed by atoms with Crippen LogP contribution >= 0.6 is 0 Å². The van der Waals surface area contributed by atoms with E-state index in [9.17, 15) is 43.2 Å². The molecule has 0 aromatic rings. The van der Waals surface area contributed by atoms with Gasteiger partial charge in [0, 0.05) is 6.42 Å².